The summed E-state index contributed by atoms with van der Waals surface area (Å²) in [6.45, 7) is 8.18. The predicted octanol–water partition coefficient (Wildman–Crippen LogP) is 12.2. The normalized spacial score (nSPS) is 14.1. The van der Waals surface area contributed by atoms with E-state index in [9.17, 15) is 10.2 Å². The van der Waals surface area contributed by atoms with Crippen LogP contribution in [-0.2, 0) is 14.2 Å². The summed E-state index contributed by atoms with van der Waals surface area (Å²) in [7, 11) is 0. The maximum atomic E-state index is 9.85. The highest BCUT2D eigenvalue weighted by atomic mass is 16.6. The van der Waals surface area contributed by atoms with Gasteiger partial charge in [-0.05, 0) is 71.1 Å². The van der Waals surface area contributed by atoms with Gasteiger partial charge in [0.15, 0.2) is 6.29 Å². The molecule has 0 amide bonds. The monoisotopic (exact) mass is 667 g/mol. The summed E-state index contributed by atoms with van der Waals surface area (Å²) in [5.41, 5.74) is 0. The Bertz CT molecular complexity index is 635. The minimum atomic E-state index is -1.19. The lowest BCUT2D eigenvalue weighted by atomic mass is 10.1. The second-order valence-electron chi connectivity index (χ2n) is 13.9. The van der Waals surface area contributed by atoms with Crippen LogP contribution in [0.15, 0.2) is 24.3 Å². The summed E-state index contributed by atoms with van der Waals surface area (Å²) < 4.78 is 17.4. The van der Waals surface area contributed by atoms with E-state index >= 15 is 0 Å². The minimum absolute atomic E-state index is 0.222. The third-order valence-electron chi connectivity index (χ3n) is 8.98. The standard InChI is InChI=1S/C42H82O5/c1-4-6-8-10-12-14-16-18-20-22-24-26-28-30-32-34-36-45-38-41(39-47-42(44)40(3)43)46-37-35-33-31-29-27-25-23-21-19-17-15-13-11-9-7-5-2/h18-21,40-44H,4-17,22-39H2,1-3H3/b20-18-,21-19-. The first-order valence-corrected chi connectivity index (χ1v) is 20.6. The van der Waals surface area contributed by atoms with Crippen LogP contribution in [0.1, 0.15) is 201 Å². The molecule has 0 fully saturated rings. The van der Waals surface area contributed by atoms with Crippen LogP contribution in [0.2, 0.25) is 0 Å². The number of allylic oxidation sites excluding steroid dienone is 4. The molecule has 0 rings (SSSR count). The SMILES string of the molecule is CCCCCCCC/C=C\CCCCCCCCOCC(COC(O)C(C)O)OCCCCCCCC/C=C\CCCCCCCC. The van der Waals surface area contributed by atoms with Crippen molar-refractivity contribution in [3.8, 4) is 0 Å². The van der Waals surface area contributed by atoms with E-state index in [1.54, 1.807) is 0 Å². The van der Waals surface area contributed by atoms with Gasteiger partial charge < -0.3 is 24.4 Å². The smallest absolute Gasteiger partial charge is 0.180 e. The van der Waals surface area contributed by atoms with Gasteiger partial charge >= 0.3 is 0 Å². The molecule has 0 bridgehead atoms. The average molecular weight is 667 g/mol. The Morgan fingerprint density at radius 1 is 0.426 bits per heavy atom. The van der Waals surface area contributed by atoms with E-state index in [2.05, 4.69) is 38.2 Å². The lowest BCUT2D eigenvalue weighted by molar-refractivity contribution is -0.180. The van der Waals surface area contributed by atoms with Gasteiger partial charge in [-0.15, -0.1) is 0 Å². The van der Waals surface area contributed by atoms with E-state index in [1.807, 2.05) is 0 Å². The fourth-order valence-corrected chi connectivity index (χ4v) is 5.76. The number of rotatable bonds is 39. The summed E-state index contributed by atoms with van der Waals surface area (Å²) in [6, 6.07) is 0. The highest BCUT2D eigenvalue weighted by molar-refractivity contribution is 4.82. The highest BCUT2D eigenvalue weighted by Crippen LogP contribution is 2.12. The summed E-state index contributed by atoms with van der Waals surface area (Å²) in [5, 5.41) is 19.4. The fraction of sp³-hybridized carbons (Fsp3) is 0.905. The van der Waals surface area contributed by atoms with Crippen LogP contribution in [0, 0.1) is 0 Å². The summed E-state index contributed by atoms with van der Waals surface area (Å²) in [6.07, 6.45) is 43.5. The maximum Gasteiger partial charge on any atom is 0.180 e. The van der Waals surface area contributed by atoms with Gasteiger partial charge in [0.25, 0.3) is 0 Å². The number of aliphatic hydroxyl groups excluding tert-OH is 2. The van der Waals surface area contributed by atoms with Crippen molar-refractivity contribution in [3.63, 3.8) is 0 Å². The van der Waals surface area contributed by atoms with Crippen LogP contribution < -0.4 is 0 Å². The molecular weight excluding hydrogens is 584 g/mol. The van der Waals surface area contributed by atoms with Gasteiger partial charge in [-0.2, -0.15) is 0 Å². The van der Waals surface area contributed by atoms with Crippen LogP contribution in [0.25, 0.3) is 0 Å². The number of aliphatic hydroxyl groups is 2. The highest BCUT2D eigenvalue weighted by Gasteiger charge is 2.16. The first kappa shape index (κ1) is 46.3. The average Bonchev–Trinajstić information content (AvgIpc) is 3.07. The summed E-state index contributed by atoms with van der Waals surface area (Å²) >= 11 is 0. The molecule has 0 aromatic rings. The molecule has 5 heteroatoms. The molecule has 0 radical (unpaired) electrons. The lowest BCUT2D eigenvalue weighted by Gasteiger charge is -2.21. The zero-order chi connectivity index (χ0) is 34.3. The Morgan fingerprint density at radius 2 is 0.787 bits per heavy atom. The maximum absolute atomic E-state index is 9.85. The molecule has 0 saturated heterocycles. The van der Waals surface area contributed by atoms with Crippen LogP contribution in [0.4, 0.5) is 0 Å². The Balaban J connectivity index is 3.77. The summed E-state index contributed by atoms with van der Waals surface area (Å²) in [4.78, 5) is 0. The van der Waals surface area contributed by atoms with Gasteiger partial charge in [-0.25, -0.2) is 0 Å². The van der Waals surface area contributed by atoms with Crippen LogP contribution in [0.3, 0.4) is 0 Å². The second-order valence-corrected chi connectivity index (χ2v) is 13.9. The van der Waals surface area contributed by atoms with Crippen molar-refractivity contribution in [1.82, 2.24) is 0 Å². The third-order valence-corrected chi connectivity index (χ3v) is 8.98. The van der Waals surface area contributed by atoms with E-state index in [0.29, 0.717) is 13.2 Å². The minimum Gasteiger partial charge on any atom is -0.388 e. The molecule has 2 N–H and O–H groups in total. The molecule has 47 heavy (non-hydrogen) atoms. The molecule has 0 aromatic carbocycles. The Kier molecular flexibility index (Phi) is 39.1. The van der Waals surface area contributed by atoms with Crippen molar-refractivity contribution in [3.05, 3.63) is 24.3 Å². The lowest BCUT2D eigenvalue weighted by Crippen LogP contribution is -2.33. The first-order valence-electron chi connectivity index (χ1n) is 20.6. The molecule has 5 nitrogen and oxygen atoms in total. The molecule has 0 aliphatic rings. The quantitative estimate of drug-likeness (QED) is 0.0388. The number of unbranched alkanes of at least 4 members (excludes halogenated alkanes) is 24. The largest absolute Gasteiger partial charge is 0.388 e. The van der Waals surface area contributed by atoms with E-state index < -0.39 is 12.4 Å². The van der Waals surface area contributed by atoms with E-state index in [4.69, 9.17) is 14.2 Å². The van der Waals surface area contributed by atoms with Crippen LogP contribution in [-0.4, -0.2) is 55.1 Å². The molecule has 0 spiro atoms. The molecule has 0 aliphatic carbocycles. The van der Waals surface area contributed by atoms with Gasteiger partial charge in [0, 0.05) is 13.2 Å². The van der Waals surface area contributed by atoms with Crippen molar-refractivity contribution >= 4 is 0 Å². The van der Waals surface area contributed by atoms with Crippen molar-refractivity contribution in [2.75, 3.05) is 26.4 Å². The van der Waals surface area contributed by atoms with Gasteiger partial charge in [0.2, 0.25) is 0 Å². The Hall–Kier alpha value is -0.720. The molecule has 0 heterocycles. The zero-order valence-corrected chi connectivity index (χ0v) is 31.8. The second kappa shape index (κ2) is 39.7. The van der Waals surface area contributed by atoms with E-state index in [0.717, 1.165) is 19.4 Å². The van der Waals surface area contributed by atoms with Crippen LogP contribution in [0.5, 0.6) is 0 Å². The summed E-state index contributed by atoms with van der Waals surface area (Å²) in [5.74, 6) is 0. The number of hydrogen-bond donors (Lipinski definition) is 2. The van der Waals surface area contributed by atoms with E-state index in [-0.39, 0.29) is 12.7 Å². The molecule has 280 valence electrons. The number of ether oxygens (including phenoxy) is 3. The Labute approximate surface area is 293 Å². The van der Waals surface area contributed by atoms with Crippen molar-refractivity contribution in [1.29, 1.82) is 0 Å². The van der Waals surface area contributed by atoms with Gasteiger partial charge in [0.05, 0.1) is 13.2 Å². The molecule has 0 aromatic heterocycles. The van der Waals surface area contributed by atoms with Gasteiger partial charge in [-0.1, -0.05) is 154 Å². The zero-order valence-electron chi connectivity index (χ0n) is 31.8. The molecule has 3 atom stereocenters. The van der Waals surface area contributed by atoms with Crippen molar-refractivity contribution < 1.29 is 24.4 Å². The van der Waals surface area contributed by atoms with Crippen molar-refractivity contribution in [2.45, 2.75) is 219 Å². The fourth-order valence-electron chi connectivity index (χ4n) is 5.76. The van der Waals surface area contributed by atoms with Crippen LogP contribution >= 0.6 is 0 Å². The molecule has 3 unspecified atom stereocenters. The van der Waals surface area contributed by atoms with E-state index in [1.165, 1.54) is 174 Å². The first-order chi connectivity index (χ1) is 23.1. The molecule has 0 saturated carbocycles. The van der Waals surface area contributed by atoms with Gasteiger partial charge in [0.1, 0.15) is 12.2 Å². The molecular formula is C42H82O5. The third kappa shape index (κ3) is 37.9. The predicted molar refractivity (Wildman–Crippen MR) is 203 cm³/mol. The number of hydrogen-bond acceptors (Lipinski definition) is 5. The molecule has 0 aliphatic heterocycles. The Morgan fingerprint density at radius 3 is 1.19 bits per heavy atom. The van der Waals surface area contributed by atoms with Gasteiger partial charge in [-0.3, -0.25) is 0 Å². The topological polar surface area (TPSA) is 68.2 Å². The van der Waals surface area contributed by atoms with Crippen molar-refractivity contribution in [2.24, 2.45) is 0 Å².